The lowest BCUT2D eigenvalue weighted by molar-refractivity contribution is -0.119. The largest absolute Gasteiger partial charge is 0.489 e. The van der Waals surface area contributed by atoms with Gasteiger partial charge < -0.3 is 10.1 Å². The Balaban J connectivity index is 1.60. The second kappa shape index (κ2) is 5.78. The lowest BCUT2D eigenvalue weighted by atomic mass is 10.1. The van der Waals surface area contributed by atoms with Crippen LogP contribution < -0.4 is 10.1 Å². The molecule has 20 heavy (non-hydrogen) atoms. The van der Waals surface area contributed by atoms with Gasteiger partial charge in [0.05, 0.1) is 6.04 Å². The van der Waals surface area contributed by atoms with Gasteiger partial charge in [-0.1, -0.05) is 42.5 Å². The van der Waals surface area contributed by atoms with Crippen LogP contribution in [0.3, 0.4) is 0 Å². The highest BCUT2D eigenvalue weighted by atomic mass is 16.5. The fourth-order valence-corrected chi connectivity index (χ4v) is 2.40. The van der Waals surface area contributed by atoms with Gasteiger partial charge in [0, 0.05) is 6.42 Å². The molecule has 1 saturated heterocycles. The minimum atomic E-state index is 0.138. The van der Waals surface area contributed by atoms with E-state index in [9.17, 15) is 4.79 Å². The van der Waals surface area contributed by atoms with E-state index in [4.69, 9.17) is 4.74 Å². The first-order valence-electron chi connectivity index (χ1n) is 6.87. The standard InChI is InChI=1S/C17H17NO2/c19-17-11-10-16(18-17)14-6-8-15(9-7-14)20-12-13-4-2-1-3-5-13/h1-9,16H,10-12H2,(H,18,19). The predicted molar refractivity (Wildman–Crippen MR) is 77.3 cm³/mol. The van der Waals surface area contributed by atoms with Gasteiger partial charge in [0.1, 0.15) is 12.4 Å². The zero-order valence-corrected chi connectivity index (χ0v) is 11.2. The van der Waals surface area contributed by atoms with E-state index in [1.54, 1.807) is 0 Å². The van der Waals surface area contributed by atoms with Gasteiger partial charge in [-0.05, 0) is 29.7 Å². The maximum absolute atomic E-state index is 11.2. The van der Waals surface area contributed by atoms with Crippen LogP contribution in [0.1, 0.15) is 30.0 Å². The predicted octanol–water partition coefficient (Wildman–Crippen LogP) is 3.22. The van der Waals surface area contributed by atoms with Crippen LogP contribution in [0.15, 0.2) is 54.6 Å². The van der Waals surface area contributed by atoms with Gasteiger partial charge in [-0.3, -0.25) is 4.79 Å². The Morgan fingerprint density at radius 1 is 1.05 bits per heavy atom. The third-order valence-corrected chi connectivity index (χ3v) is 3.53. The number of rotatable bonds is 4. The Hall–Kier alpha value is -2.29. The zero-order valence-electron chi connectivity index (χ0n) is 11.2. The monoisotopic (exact) mass is 267 g/mol. The van der Waals surface area contributed by atoms with Crippen molar-refractivity contribution < 1.29 is 9.53 Å². The minimum Gasteiger partial charge on any atom is -0.489 e. The smallest absolute Gasteiger partial charge is 0.220 e. The lowest BCUT2D eigenvalue weighted by Crippen LogP contribution is -2.18. The Labute approximate surface area is 118 Å². The summed E-state index contributed by atoms with van der Waals surface area (Å²) >= 11 is 0. The maximum atomic E-state index is 11.2. The first-order valence-corrected chi connectivity index (χ1v) is 6.87. The number of hydrogen-bond donors (Lipinski definition) is 1. The Morgan fingerprint density at radius 3 is 2.45 bits per heavy atom. The molecule has 2 aromatic carbocycles. The van der Waals surface area contributed by atoms with E-state index in [1.807, 2.05) is 54.6 Å². The summed E-state index contributed by atoms with van der Waals surface area (Å²) < 4.78 is 5.74. The molecule has 0 aliphatic carbocycles. The highest BCUT2D eigenvalue weighted by Crippen LogP contribution is 2.25. The van der Waals surface area contributed by atoms with Gasteiger partial charge in [0.2, 0.25) is 5.91 Å². The van der Waals surface area contributed by atoms with E-state index in [0.29, 0.717) is 13.0 Å². The SMILES string of the molecule is O=C1CCC(c2ccc(OCc3ccccc3)cc2)N1. The van der Waals surface area contributed by atoms with E-state index in [-0.39, 0.29) is 11.9 Å². The van der Waals surface area contributed by atoms with Crippen molar-refractivity contribution in [3.63, 3.8) is 0 Å². The molecule has 1 heterocycles. The molecule has 1 unspecified atom stereocenters. The summed E-state index contributed by atoms with van der Waals surface area (Å²) in [5, 5.41) is 2.97. The number of hydrogen-bond acceptors (Lipinski definition) is 2. The second-order valence-corrected chi connectivity index (χ2v) is 5.00. The van der Waals surface area contributed by atoms with E-state index in [2.05, 4.69) is 5.32 Å². The first kappa shape index (κ1) is 12.7. The molecule has 1 N–H and O–H groups in total. The summed E-state index contributed by atoms with van der Waals surface area (Å²) in [6.45, 7) is 0.570. The molecule has 1 amide bonds. The van der Waals surface area contributed by atoms with Crippen LogP contribution >= 0.6 is 0 Å². The van der Waals surface area contributed by atoms with Gasteiger partial charge in [0.25, 0.3) is 0 Å². The van der Waals surface area contributed by atoms with Crippen LogP contribution in [0.2, 0.25) is 0 Å². The van der Waals surface area contributed by atoms with Crippen molar-refractivity contribution in [3.8, 4) is 5.75 Å². The lowest BCUT2D eigenvalue weighted by Gasteiger charge is -2.11. The third kappa shape index (κ3) is 2.99. The quantitative estimate of drug-likeness (QED) is 0.923. The van der Waals surface area contributed by atoms with Crippen molar-refractivity contribution in [1.82, 2.24) is 5.32 Å². The number of carbonyl (C=O) groups excluding carboxylic acids is 1. The zero-order chi connectivity index (χ0) is 13.8. The Kier molecular flexibility index (Phi) is 3.68. The summed E-state index contributed by atoms with van der Waals surface area (Å²) in [4.78, 5) is 11.2. The fraction of sp³-hybridized carbons (Fsp3) is 0.235. The summed E-state index contributed by atoms with van der Waals surface area (Å²) in [7, 11) is 0. The van der Waals surface area contributed by atoms with E-state index in [0.717, 1.165) is 23.3 Å². The van der Waals surface area contributed by atoms with Crippen LogP contribution in [0, 0.1) is 0 Å². The number of ether oxygens (including phenoxy) is 1. The van der Waals surface area contributed by atoms with Crippen molar-refractivity contribution in [2.45, 2.75) is 25.5 Å². The van der Waals surface area contributed by atoms with E-state index in [1.165, 1.54) is 0 Å². The molecule has 1 atom stereocenters. The van der Waals surface area contributed by atoms with Crippen LogP contribution in [-0.2, 0) is 11.4 Å². The fourth-order valence-electron chi connectivity index (χ4n) is 2.40. The maximum Gasteiger partial charge on any atom is 0.220 e. The van der Waals surface area contributed by atoms with Crippen molar-refractivity contribution in [2.24, 2.45) is 0 Å². The average molecular weight is 267 g/mol. The number of nitrogens with one attached hydrogen (secondary N) is 1. The highest BCUT2D eigenvalue weighted by molar-refractivity contribution is 5.78. The van der Waals surface area contributed by atoms with Crippen molar-refractivity contribution in [2.75, 3.05) is 0 Å². The normalized spacial score (nSPS) is 17.8. The van der Waals surface area contributed by atoms with Crippen LogP contribution in [0.4, 0.5) is 0 Å². The molecule has 0 saturated carbocycles. The molecule has 1 aliphatic rings. The molecule has 3 rings (SSSR count). The van der Waals surface area contributed by atoms with Crippen molar-refractivity contribution >= 4 is 5.91 Å². The molecule has 3 nitrogen and oxygen atoms in total. The molecular formula is C17H17NO2. The molecule has 0 bridgehead atoms. The van der Waals surface area contributed by atoms with Crippen LogP contribution in [0.25, 0.3) is 0 Å². The van der Waals surface area contributed by atoms with Gasteiger partial charge >= 0.3 is 0 Å². The number of amides is 1. The van der Waals surface area contributed by atoms with E-state index < -0.39 is 0 Å². The number of carbonyl (C=O) groups is 1. The molecule has 1 fully saturated rings. The molecule has 0 radical (unpaired) electrons. The summed E-state index contributed by atoms with van der Waals surface area (Å²) in [5.41, 5.74) is 2.29. The molecule has 0 aromatic heterocycles. The average Bonchev–Trinajstić information content (AvgIpc) is 2.93. The van der Waals surface area contributed by atoms with Crippen LogP contribution in [0.5, 0.6) is 5.75 Å². The molecule has 0 spiro atoms. The van der Waals surface area contributed by atoms with E-state index >= 15 is 0 Å². The molecule has 102 valence electrons. The van der Waals surface area contributed by atoms with Gasteiger partial charge in [-0.25, -0.2) is 0 Å². The Bertz CT molecular complexity index is 578. The minimum absolute atomic E-state index is 0.138. The topological polar surface area (TPSA) is 38.3 Å². The number of benzene rings is 2. The molecular weight excluding hydrogens is 250 g/mol. The highest BCUT2D eigenvalue weighted by Gasteiger charge is 2.21. The second-order valence-electron chi connectivity index (χ2n) is 5.00. The van der Waals surface area contributed by atoms with Gasteiger partial charge in [-0.2, -0.15) is 0 Å². The van der Waals surface area contributed by atoms with Gasteiger partial charge in [-0.15, -0.1) is 0 Å². The third-order valence-electron chi connectivity index (χ3n) is 3.53. The summed E-state index contributed by atoms with van der Waals surface area (Å²) in [6.07, 6.45) is 1.50. The summed E-state index contributed by atoms with van der Waals surface area (Å²) in [6, 6.07) is 18.2. The molecule has 2 aromatic rings. The summed E-state index contributed by atoms with van der Waals surface area (Å²) in [5.74, 6) is 0.987. The van der Waals surface area contributed by atoms with Crippen molar-refractivity contribution in [3.05, 3.63) is 65.7 Å². The van der Waals surface area contributed by atoms with Crippen molar-refractivity contribution in [1.29, 1.82) is 0 Å². The first-order chi connectivity index (χ1) is 9.81. The Morgan fingerprint density at radius 2 is 1.80 bits per heavy atom. The van der Waals surface area contributed by atoms with Crippen LogP contribution in [-0.4, -0.2) is 5.91 Å². The molecule has 3 heteroatoms. The molecule has 1 aliphatic heterocycles. The van der Waals surface area contributed by atoms with Gasteiger partial charge in [0.15, 0.2) is 0 Å².